The summed E-state index contributed by atoms with van der Waals surface area (Å²) in [5, 5.41) is 8.18. The molecule has 2 aromatic rings. The first-order chi connectivity index (χ1) is 13.7. The van der Waals surface area contributed by atoms with Crippen LogP contribution in [0.5, 0.6) is 0 Å². The Labute approximate surface area is 182 Å². The van der Waals surface area contributed by atoms with E-state index in [1.165, 1.54) is 4.90 Å². The van der Waals surface area contributed by atoms with Gasteiger partial charge in [-0.25, -0.2) is 4.68 Å². The van der Waals surface area contributed by atoms with Gasteiger partial charge in [-0.1, -0.05) is 45.7 Å². The van der Waals surface area contributed by atoms with Gasteiger partial charge in [-0.3, -0.25) is 9.59 Å². The molecule has 2 rings (SSSR count). The van der Waals surface area contributed by atoms with Gasteiger partial charge in [0.2, 0.25) is 11.8 Å². The maximum absolute atomic E-state index is 12.7. The van der Waals surface area contributed by atoms with Crippen molar-refractivity contribution in [2.45, 2.75) is 46.0 Å². The molecule has 0 fully saturated rings. The number of unbranched alkanes of at least 4 members (excludes halogenated alkanes) is 1. The minimum absolute atomic E-state index is 0.0534. The van der Waals surface area contributed by atoms with Crippen LogP contribution >= 0.6 is 23.2 Å². The van der Waals surface area contributed by atoms with E-state index < -0.39 is 0 Å². The van der Waals surface area contributed by atoms with Gasteiger partial charge >= 0.3 is 0 Å². The Kier molecular flexibility index (Phi) is 8.11. The summed E-state index contributed by atoms with van der Waals surface area (Å²) in [4.78, 5) is 26.2. The Morgan fingerprint density at radius 3 is 2.41 bits per heavy atom. The summed E-state index contributed by atoms with van der Waals surface area (Å²) in [7, 11) is 0. The largest absolute Gasteiger partial charge is 0.332 e. The SMILES string of the molecule is CCCCN(CC(=O)Nc1cc(C(C)(C)C)nn1-c1ccc(Cl)cc1)C(=O)CCl. The van der Waals surface area contributed by atoms with Crippen LogP contribution in [0.4, 0.5) is 5.82 Å². The molecule has 6 nitrogen and oxygen atoms in total. The molecule has 0 atom stereocenters. The summed E-state index contributed by atoms with van der Waals surface area (Å²) in [6.07, 6.45) is 1.73. The fourth-order valence-corrected chi connectivity index (χ4v) is 2.99. The van der Waals surface area contributed by atoms with Gasteiger partial charge in [-0.2, -0.15) is 5.10 Å². The number of nitrogens with one attached hydrogen (secondary N) is 1. The number of amides is 2. The Bertz CT molecular complexity index is 841. The fourth-order valence-electron chi connectivity index (χ4n) is 2.70. The summed E-state index contributed by atoms with van der Waals surface area (Å²) in [6, 6.07) is 9.06. The van der Waals surface area contributed by atoms with Crippen molar-refractivity contribution in [1.29, 1.82) is 0 Å². The molecule has 1 N–H and O–H groups in total. The molecule has 0 aliphatic heterocycles. The van der Waals surface area contributed by atoms with E-state index in [0.717, 1.165) is 24.2 Å². The predicted molar refractivity (Wildman–Crippen MR) is 118 cm³/mol. The molecule has 1 aromatic heterocycles. The van der Waals surface area contributed by atoms with Crippen LogP contribution in [-0.2, 0) is 15.0 Å². The van der Waals surface area contributed by atoms with Gasteiger partial charge in [0.05, 0.1) is 17.9 Å². The number of alkyl halides is 1. The molecule has 0 bridgehead atoms. The van der Waals surface area contributed by atoms with Crippen molar-refractivity contribution < 1.29 is 9.59 Å². The zero-order valence-corrected chi connectivity index (χ0v) is 18.8. The molecule has 8 heteroatoms. The molecule has 0 saturated heterocycles. The first-order valence-electron chi connectivity index (χ1n) is 9.65. The number of nitrogens with zero attached hydrogens (tertiary/aromatic N) is 3. The van der Waals surface area contributed by atoms with Crippen LogP contribution < -0.4 is 5.32 Å². The highest BCUT2D eigenvalue weighted by Gasteiger charge is 2.22. The number of halogens is 2. The molecule has 0 spiro atoms. The molecule has 0 radical (unpaired) electrons. The van der Waals surface area contributed by atoms with E-state index in [-0.39, 0.29) is 29.7 Å². The number of benzene rings is 1. The number of carbonyl (C=O) groups is 2. The highest BCUT2D eigenvalue weighted by atomic mass is 35.5. The normalized spacial score (nSPS) is 11.4. The van der Waals surface area contributed by atoms with Gasteiger partial charge in [0, 0.05) is 23.0 Å². The van der Waals surface area contributed by atoms with Crippen molar-refractivity contribution >= 4 is 40.8 Å². The Hall–Kier alpha value is -2.05. The molecule has 0 aliphatic carbocycles. The Morgan fingerprint density at radius 1 is 1.21 bits per heavy atom. The van der Waals surface area contributed by atoms with Crippen molar-refractivity contribution in [3.05, 3.63) is 41.0 Å². The van der Waals surface area contributed by atoms with Crippen LogP contribution in [-0.4, -0.2) is 45.5 Å². The summed E-state index contributed by atoms with van der Waals surface area (Å²) in [6.45, 7) is 8.64. The van der Waals surface area contributed by atoms with Gasteiger partial charge in [-0.15, -0.1) is 11.6 Å². The Balaban J connectivity index is 2.27. The van der Waals surface area contributed by atoms with Crippen LogP contribution in [0.2, 0.25) is 5.02 Å². The van der Waals surface area contributed by atoms with Crippen LogP contribution in [0.15, 0.2) is 30.3 Å². The molecule has 158 valence electrons. The summed E-state index contributed by atoms with van der Waals surface area (Å²) in [5.74, 6) is -0.156. The lowest BCUT2D eigenvalue weighted by molar-refractivity contribution is -0.132. The lowest BCUT2D eigenvalue weighted by atomic mass is 9.92. The van der Waals surface area contributed by atoms with Crippen molar-refractivity contribution in [3.63, 3.8) is 0 Å². The summed E-state index contributed by atoms with van der Waals surface area (Å²) < 4.78 is 1.68. The topological polar surface area (TPSA) is 67.2 Å². The lowest BCUT2D eigenvalue weighted by Crippen LogP contribution is -2.39. The number of rotatable bonds is 8. The second-order valence-corrected chi connectivity index (χ2v) is 8.61. The van der Waals surface area contributed by atoms with E-state index in [1.54, 1.807) is 16.8 Å². The number of hydrogen-bond donors (Lipinski definition) is 1. The van der Waals surface area contributed by atoms with Crippen LogP contribution in [0.3, 0.4) is 0 Å². The number of aromatic nitrogens is 2. The van der Waals surface area contributed by atoms with Crippen LogP contribution in [0.25, 0.3) is 5.69 Å². The second kappa shape index (κ2) is 10.1. The highest BCUT2D eigenvalue weighted by molar-refractivity contribution is 6.30. The standard InChI is InChI=1S/C21H28Cl2N4O2/c1-5-6-11-26(20(29)13-22)14-19(28)24-18-12-17(21(2,3)4)25-27(18)16-9-7-15(23)8-10-16/h7-10,12H,5-6,11,13-14H2,1-4H3,(H,24,28). The van der Waals surface area contributed by atoms with E-state index in [1.807, 2.05) is 25.1 Å². The van der Waals surface area contributed by atoms with Gasteiger partial charge in [0.1, 0.15) is 11.7 Å². The second-order valence-electron chi connectivity index (χ2n) is 7.90. The molecule has 1 heterocycles. The maximum Gasteiger partial charge on any atom is 0.245 e. The smallest absolute Gasteiger partial charge is 0.245 e. The zero-order chi connectivity index (χ0) is 21.6. The number of hydrogen-bond acceptors (Lipinski definition) is 3. The van der Waals surface area contributed by atoms with Gasteiger partial charge < -0.3 is 10.2 Å². The zero-order valence-electron chi connectivity index (χ0n) is 17.3. The van der Waals surface area contributed by atoms with Crippen molar-refractivity contribution in [3.8, 4) is 5.69 Å². The average molecular weight is 439 g/mol. The Morgan fingerprint density at radius 2 is 1.86 bits per heavy atom. The van der Waals surface area contributed by atoms with Crippen LogP contribution in [0.1, 0.15) is 46.2 Å². The fraction of sp³-hybridized carbons (Fsp3) is 0.476. The van der Waals surface area contributed by atoms with E-state index in [4.69, 9.17) is 23.2 Å². The molecular formula is C21H28Cl2N4O2. The van der Waals surface area contributed by atoms with Crippen molar-refractivity contribution in [2.75, 3.05) is 24.3 Å². The summed E-state index contributed by atoms with van der Waals surface area (Å²) in [5.41, 5.74) is 1.42. The third-order valence-corrected chi connectivity index (χ3v) is 4.88. The first-order valence-corrected chi connectivity index (χ1v) is 10.6. The number of carbonyl (C=O) groups excluding carboxylic acids is 2. The molecule has 2 amide bonds. The van der Waals surface area contributed by atoms with E-state index in [9.17, 15) is 9.59 Å². The predicted octanol–water partition coefficient (Wildman–Crippen LogP) is 4.63. The molecule has 29 heavy (non-hydrogen) atoms. The van der Waals surface area contributed by atoms with Crippen molar-refractivity contribution in [1.82, 2.24) is 14.7 Å². The minimum Gasteiger partial charge on any atom is -0.332 e. The number of anilines is 1. The van der Waals surface area contributed by atoms with Gasteiger partial charge in [0.25, 0.3) is 0 Å². The van der Waals surface area contributed by atoms with E-state index in [0.29, 0.717) is 17.4 Å². The average Bonchev–Trinajstić information content (AvgIpc) is 3.09. The third-order valence-electron chi connectivity index (χ3n) is 4.40. The maximum atomic E-state index is 12.7. The van der Waals surface area contributed by atoms with E-state index in [2.05, 4.69) is 31.2 Å². The minimum atomic E-state index is -0.296. The van der Waals surface area contributed by atoms with Gasteiger partial charge in [-0.05, 0) is 30.7 Å². The lowest BCUT2D eigenvalue weighted by Gasteiger charge is -2.21. The first kappa shape index (κ1) is 23.2. The summed E-state index contributed by atoms with van der Waals surface area (Å²) >= 11 is 11.7. The third kappa shape index (κ3) is 6.47. The monoisotopic (exact) mass is 438 g/mol. The molecule has 0 saturated carbocycles. The quantitative estimate of drug-likeness (QED) is 0.610. The molecular weight excluding hydrogens is 411 g/mol. The molecule has 0 aliphatic rings. The highest BCUT2D eigenvalue weighted by Crippen LogP contribution is 2.26. The molecule has 0 unspecified atom stereocenters. The van der Waals surface area contributed by atoms with Gasteiger partial charge in [0.15, 0.2) is 0 Å². The molecule has 1 aromatic carbocycles. The van der Waals surface area contributed by atoms with E-state index >= 15 is 0 Å². The van der Waals surface area contributed by atoms with Crippen molar-refractivity contribution in [2.24, 2.45) is 0 Å². The van der Waals surface area contributed by atoms with Crippen LogP contribution in [0, 0.1) is 0 Å².